The van der Waals surface area contributed by atoms with E-state index in [1.54, 1.807) is 0 Å². The number of carbonyl (C=O) groups is 2. The molecular formula is C36H49NO2. The lowest BCUT2D eigenvalue weighted by molar-refractivity contribution is -0.105. The van der Waals surface area contributed by atoms with E-state index in [-0.39, 0.29) is 0 Å². The van der Waals surface area contributed by atoms with E-state index in [9.17, 15) is 9.59 Å². The first-order valence-corrected chi connectivity index (χ1v) is 15.5. The van der Waals surface area contributed by atoms with Gasteiger partial charge in [0.1, 0.15) is 12.6 Å². The zero-order chi connectivity index (χ0) is 27.9. The number of allylic oxidation sites excluding steroid dienone is 2. The molecule has 2 aromatic rings. The maximum Gasteiger partial charge on any atom is 0.146 e. The molecule has 0 aromatic heterocycles. The van der Waals surface area contributed by atoms with E-state index in [2.05, 4.69) is 74.2 Å². The average Bonchev–Trinajstić information content (AvgIpc) is 3.10. The maximum absolute atomic E-state index is 11.7. The second-order valence-corrected chi connectivity index (χ2v) is 11.1. The van der Waals surface area contributed by atoms with Crippen LogP contribution in [0.25, 0.3) is 12.2 Å². The molecule has 0 aliphatic carbocycles. The van der Waals surface area contributed by atoms with Crippen molar-refractivity contribution >= 4 is 36.1 Å². The van der Waals surface area contributed by atoms with Crippen molar-refractivity contribution in [3.05, 3.63) is 69.8 Å². The molecule has 210 valence electrons. The van der Waals surface area contributed by atoms with Crippen molar-refractivity contribution in [2.24, 2.45) is 0 Å². The lowest BCUT2D eigenvalue weighted by Crippen LogP contribution is -2.20. The van der Waals surface area contributed by atoms with E-state index in [4.69, 9.17) is 0 Å². The molecule has 0 radical (unpaired) electrons. The molecule has 0 fully saturated rings. The van der Waals surface area contributed by atoms with Crippen molar-refractivity contribution in [3.8, 4) is 0 Å². The SMILES string of the molecule is CCCCCCN1c2ccc(/C=C(/C=O)CCCCC)cc2CCc2cc(/C=C(/C=O)CCCCC)ccc21. The Hall–Kier alpha value is -2.94. The van der Waals surface area contributed by atoms with Crippen LogP contribution in [-0.4, -0.2) is 19.1 Å². The predicted molar refractivity (Wildman–Crippen MR) is 168 cm³/mol. The summed E-state index contributed by atoms with van der Waals surface area (Å²) in [6.07, 6.45) is 21.5. The number of unbranched alkanes of at least 4 members (excludes halogenated alkanes) is 7. The zero-order valence-corrected chi connectivity index (χ0v) is 24.6. The number of hydrogen-bond acceptors (Lipinski definition) is 3. The summed E-state index contributed by atoms with van der Waals surface area (Å²) >= 11 is 0. The summed E-state index contributed by atoms with van der Waals surface area (Å²) in [5.74, 6) is 0. The Morgan fingerprint density at radius 1 is 0.641 bits per heavy atom. The smallest absolute Gasteiger partial charge is 0.146 e. The molecule has 0 amide bonds. The number of aldehydes is 2. The number of aryl methyl sites for hydroxylation is 2. The summed E-state index contributed by atoms with van der Waals surface area (Å²) in [6, 6.07) is 13.5. The Morgan fingerprint density at radius 2 is 1.10 bits per heavy atom. The van der Waals surface area contributed by atoms with Crippen LogP contribution in [0.15, 0.2) is 47.5 Å². The molecule has 2 aromatic carbocycles. The van der Waals surface area contributed by atoms with Crippen molar-refractivity contribution in [3.63, 3.8) is 0 Å². The molecule has 0 saturated carbocycles. The summed E-state index contributed by atoms with van der Waals surface area (Å²) in [6.45, 7) is 7.64. The summed E-state index contributed by atoms with van der Waals surface area (Å²) in [5.41, 5.74) is 9.29. The Morgan fingerprint density at radius 3 is 1.54 bits per heavy atom. The Labute approximate surface area is 237 Å². The van der Waals surface area contributed by atoms with Crippen LogP contribution in [0.5, 0.6) is 0 Å². The standard InChI is InChI=1S/C36H49NO2/c1-4-7-10-13-22-37-35-20-16-29(23-31(27-38)14-11-8-5-2)25-33(35)18-19-34-26-30(17-21-36(34)37)24-32(28-39)15-12-9-6-3/h16-17,20-21,23-28H,4-15,18-19,22H2,1-3H3/b31-23+,32-24+. The van der Waals surface area contributed by atoms with Gasteiger partial charge in [0, 0.05) is 17.9 Å². The number of benzene rings is 2. The summed E-state index contributed by atoms with van der Waals surface area (Å²) in [7, 11) is 0. The molecule has 39 heavy (non-hydrogen) atoms. The van der Waals surface area contributed by atoms with Gasteiger partial charge in [-0.05, 0) is 115 Å². The third-order valence-corrected chi connectivity index (χ3v) is 7.83. The highest BCUT2D eigenvalue weighted by Gasteiger charge is 2.21. The molecule has 0 spiro atoms. The second kappa shape index (κ2) is 16.9. The molecule has 3 heteroatoms. The number of nitrogens with zero attached hydrogens (tertiary/aromatic N) is 1. The minimum atomic E-state index is 0.848. The largest absolute Gasteiger partial charge is 0.341 e. The van der Waals surface area contributed by atoms with Crippen LogP contribution in [0, 0.1) is 0 Å². The van der Waals surface area contributed by atoms with Gasteiger partial charge in [0.05, 0.1) is 0 Å². The molecule has 3 rings (SSSR count). The van der Waals surface area contributed by atoms with Gasteiger partial charge in [-0.25, -0.2) is 0 Å². The highest BCUT2D eigenvalue weighted by Crippen LogP contribution is 2.38. The molecular weight excluding hydrogens is 478 g/mol. The van der Waals surface area contributed by atoms with Gasteiger partial charge in [-0.3, -0.25) is 9.59 Å². The number of anilines is 2. The van der Waals surface area contributed by atoms with Crippen molar-refractivity contribution in [1.29, 1.82) is 0 Å². The van der Waals surface area contributed by atoms with E-state index in [1.165, 1.54) is 41.8 Å². The molecule has 0 saturated heterocycles. The fraction of sp³-hybridized carbons (Fsp3) is 0.500. The Balaban J connectivity index is 1.92. The third-order valence-electron chi connectivity index (χ3n) is 7.83. The monoisotopic (exact) mass is 527 g/mol. The van der Waals surface area contributed by atoms with Crippen LogP contribution in [0.4, 0.5) is 11.4 Å². The van der Waals surface area contributed by atoms with Crippen molar-refractivity contribution in [1.82, 2.24) is 0 Å². The average molecular weight is 528 g/mol. The van der Waals surface area contributed by atoms with Crippen LogP contribution in [0.2, 0.25) is 0 Å². The molecule has 1 heterocycles. The normalized spacial score (nSPS) is 13.6. The van der Waals surface area contributed by atoms with E-state index >= 15 is 0 Å². The van der Waals surface area contributed by atoms with Gasteiger partial charge < -0.3 is 4.90 Å². The summed E-state index contributed by atoms with van der Waals surface area (Å²) in [5, 5.41) is 0. The first-order chi connectivity index (χ1) is 19.1. The lowest BCUT2D eigenvalue weighted by Gasteiger charge is -2.27. The van der Waals surface area contributed by atoms with Crippen molar-refractivity contribution in [2.45, 2.75) is 111 Å². The number of rotatable bonds is 17. The van der Waals surface area contributed by atoms with E-state index < -0.39 is 0 Å². The lowest BCUT2D eigenvalue weighted by atomic mass is 9.99. The number of fused-ring (bicyclic) bond motifs is 2. The van der Waals surface area contributed by atoms with Crippen molar-refractivity contribution in [2.75, 3.05) is 11.4 Å². The quantitative estimate of drug-likeness (QED) is 0.117. The molecule has 1 aliphatic rings. The van der Waals surface area contributed by atoms with Gasteiger partial charge >= 0.3 is 0 Å². The van der Waals surface area contributed by atoms with E-state index in [1.807, 2.05) is 0 Å². The van der Waals surface area contributed by atoms with Gasteiger partial charge in [-0.2, -0.15) is 0 Å². The summed E-state index contributed by atoms with van der Waals surface area (Å²) in [4.78, 5) is 26.0. The fourth-order valence-corrected chi connectivity index (χ4v) is 5.57. The molecule has 0 atom stereocenters. The van der Waals surface area contributed by atoms with Gasteiger partial charge in [0.2, 0.25) is 0 Å². The van der Waals surface area contributed by atoms with Gasteiger partial charge in [-0.1, -0.05) is 77.8 Å². The predicted octanol–water partition coefficient (Wildman–Crippen LogP) is 9.83. The van der Waals surface area contributed by atoms with Crippen LogP contribution in [0.1, 0.15) is 120 Å². The molecule has 0 bridgehead atoms. The number of carbonyl (C=O) groups excluding carboxylic acids is 2. The third kappa shape index (κ3) is 9.34. The fourth-order valence-electron chi connectivity index (χ4n) is 5.57. The topological polar surface area (TPSA) is 37.4 Å². The Bertz CT molecular complexity index is 1040. The van der Waals surface area contributed by atoms with Crippen LogP contribution in [0.3, 0.4) is 0 Å². The first kappa shape index (κ1) is 30.6. The molecule has 0 unspecified atom stereocenters. The second-order valence-electron chi connectivity index (χ2n) is 11.1. The highest BCUT2D eigenvalue weighted by molar-refractivity contribution is 5.83. The van der Waals surface area contributed by atoms with Gasteiger partial charge in [0.25, 0.3) is 0 Å². The van der Waals surface area contributed by atoms with Crippen LogP contribution >= 0.6 is 0 Å². The maximum atomic E-state index is 11.7. The van der Waals surface area contributed by atoms with E-state index in [0.29, 0.717) is 0 Å². The summed E-state index contributed by atoms with van der Waals surface area (Å²) < 4.78 is 0. The number of hydrogen-bond donors (Lipinski definition) is 0. The molecule has 3 nitrogen and oxygen atoms in total. The zero-order valence-electron chi connectivity index (χ0n) is 24.6. The highest BCUT2D eigenvalue weighted by atomic mass is 16.1. The minimum absolute atomic E-state index is 0.848. The van der Waals surface area contributed by atoms with Crippen molar-refractivity contribution < 1.29 is 9.59 Å². The first-order valence-electron chi connectivity index (χ1n) is 15.5. The molecule has 1 aliphatic heterocycles. The van der Waals surface area contributed by atoms with Gasteiger partial charge in [-0.15, -0.1) is 0 Å². The van der Waals surface area contributed by atoms with Crippen LogP contribution < -0.4 is 4.90 Å². The molecule has 0 N–H and O–H groups in total. The van der Waals surface area contributed by atoms with Crippen LogP contribution in [-0.2, 0) is 22.4 Å². The van der Waals surface area contributed by atoms with E-state index in [0.717, 1.165) is 112 Å². The minimum Gasteiger partial charge on any atom is -0.341 e. The van der Waals surface area contributed by atoms with Gasteiger partial charge in [0.15, 0.2) is 0 Å². The Kier molecular flexibility index (Phi) is 13.3.